The molecule has 0 bridgehead atoms. The van der Waals surface area contributed by atoms with E-state index in [1.54, 1.807) is 0 Å². The number of anilines is 1. The smallest absolute Gasteiger partial charge is 0.173 e. The molecule has 0 amide bonds. The normalized spacial score (nSPS) is 23.3. The molecule has 1 aliphatic rings. The van der Waals surface area contributed by atoms with Gasteiger partial charge in [-0.3, -0.25) is 0 Å². The van der Waals surface area contributed by atoms with Crippen molar-refractivity contribution in [3.8, 4) is 0 Å². The van der Waals surface area contributed by atoms with Gasteiger partial charge in [-0.1, -0.05) is 17.7 Å². The summed E-state index contributed by atoms with van der Waals surface area (Å²) in [4.78, 5) is 2.36. The summed E-state index contributed by atoms with van der Waals surface area (Å²) >= 11 is 5.62. The van der Waals surface area contributed by atoms with Crippen LogP contribution in [-0.4, -0.2) is 22.1 Å². The molecule has 1 heterocycles. The fraction of sp³-hybridized carbons (Fsp3) is 0.562. The number of thiocarbonyl (C=S) groups is 1. The number of rotatable bonds is 1. The van der Waals surface area contributed by atoms with Gasteiger partial charge in [0.05, 0.1) is 0 Å². The average molecular weight is 276 g/mol. The molecule has 2 atom stereocenters. The van der Waals surface area contributed by atoms with E-state index in [1.807, 2.05) is 0 Å². The van der Waals surface area contributed by atoms with Crippen molar-refractivity contribution in [3.05, 3.63) is 29.3 Å². The molecule has 2 rings (SSSR count). The van der Waals surface area contributed by atoms with Crippen LogP contribution in [0, 0.1) is 13.8 Å². The molecule has 1 aliphatic heterocycles. The van der Waals surface area contributed by atoms with Crippen molar-refractivity contribution in [2.75, 3.05) is 5.32 Å². The van der Waals surface area contributed by atoms with E-state index in [0.29, 0.717) is 12.1 Å². The highest BCUT2D eigenvalue weighted by Crippen LogP contribution is 2.24. The molecule has 0 aliphatic carbocycles. The van der Waals surface area contributed by atoms with Crippen LogP contribution in [0.4, 0.5) is 5.69 Å². The van der Waals surface area contributed by atoms with Gasteiger partial charge in [0, 0.05) is 17.8 Å². The fourth-order valence-corrected chi connectivity index (χ4v) is 3.43. The quantitative estimate of drug-likeness (QED) is 0.771. The van der Waals surface area contributed by atoms with Gasteiger partial charge >= 0.3 is 0 Å². The number of nitrogens with zero attached hydrogens (tertiary/aromatic N) is 1. The highest BCUT2D eigenvalue weighted by atomic mass is 32.1. The Morgan fingerprint density at radius 3 is 2.42 bits per heavy atom. The van der Waals surface area contributed by atoms with Crippen molar-refractivity contribution >= 4 is 23.0 Å². The number of piperidine rings is 1. The van der Waals surface area contributed by atoms with Gasteiger partial charge in [-0.25, -0.2) is 0 Å². The van der Waals surface area contributed by atoms with Gasteiger partial charge < -0.3 is 10.2 Å². The van der Waals surface area contributed by atoms with Gasteiger partial charge in [0.1, 0.15) is 0 Å². The molecule has 1 saturated heterocycles. The van der Waals surface area contributed by atoms with E-state index in [1.165, 1.54) is 30.4 Å². The largest absolute Gasteiger partial charge is 0.344 e. The summed E-state index contributed by atoms with van der Waals surface area (Å²) in [6.45, 7) is 8.78. The standard InChI is InChI=1S/C16H24N2S/c1-11-8-9-15(12(2)10-11)17-16(19)18-13(3)6-5-7-14(18)4/h8-10,13-14H,5-7H2,1-4H3,(H,17,19)/t13-,14-/m1/s1. The van der Waals surface area contributed by atoms with Crippen molar-refractivity contribution in [2.24, 2.45) is 0 Å². The van der Waals surface area contributed by atoms with Crippen LogP contribution in [0.15, 0.2) is 18.2 Å². The molecule has 2 nitrogen and oxygen atoms in total. The Kier molecular flexibility index (Phi) is 4.46. The molecular weight excluding hydrogens is 252 g/mol. The van der Waals surface area contributed by atoms with Gasteiger partial charge in [0.2, 0.25) is 0 Å². The van der Waals surface area contributed by atoms with Crippen LogP contribution < -0.4 is 5.32 Å². The summed E-state index contributed by atoms with van der Waals surface area (Å²) in [5, 5.41) is 4.29. The highest BCUT2D eigenvalue weighted by Gasteiger charge is 2.26. The third-order valence-electron chi connectivity index (χ3n) is 4.05. The molecule has 0 radical (unpaired) electrons. The first-order valence-electron chi connectivity index (χ1n) is 7.15. The second kappa shape index (κ2) is 5.91. The predicted octanol–water partition coefficient (Wildman–Crippen LogP) is 4.26. The topological polar surface area (TPSA) is 15.3 Å². The minimum atomic E-state index is 0.537. The summed E-state index contributed by atoms with van der Waals surface area (Å²) in [6.07, 6.45) is 3.78. The van der Waals surface area contributed by atoms with E-state index in [2.05, 4.69) is 56.1 Å². The first-order valence-corrected chi connectivity index (χ1v) is 7.56. The number of nitrogens with one attached hydrogen (secondary N) is 1. The lowest BCUT2D eigenvalue weighted by Gasteiger charge is -2.41. The molecule has 1 aromatic rings. The van der Waals surface area contributed by atoms with Gasteiger partial charge in [-0.2, -0.15) is 0 Å². The number of aryl methyl sites for hydroxylation is 2. The molecule has 104 valence electrons. The molecule has 1 aromatic carbocycles. The molecule has 0 aromatic heterocycles. The summed E-state index contributed by atoms with van der Waals surface area (Å²) in [6, 6.07) is 7.51. The highest BCUT2D eigenvalue weighted by molar-refractivity contribution is 7.80. The summed E-state index contributed by atoms with van der Waals surface area (Å²) in [5.41, 5.74) is 3.66. The van der Waals surface area contributed by atoms with Crippen molar-refractivity contribution in [2.45, 2.75) is 59.0 Å². The zero-order chi connectivity index (χ0) is 14.0. The lowest BCUT2D eigenvalue weighted by molar-refractivity contribution is 0.194. The third-order valence-corrected chi connectivity index (χ3v) is 4.36. The zero-order valence-electron chi connectivity index (χ0n) is 12.4. The van der Waals surface area contributed by atoms with Crippen molar-refractivity contribution in [3.63, 3.8) is 0 Å². The second-order valence-electron chi connectivity index (χ2n) is 5.78. The third kappa shape index (κ3) is 3.27. The molecule has 1 fully saturated rings. The minimum absolute atomic E-state index is 0.537. The van der Waals surface area contributed by atoms with Crippen LogP contribution in [0.25, 0.3) is 0 Å². The minimum Gasteiger partial charge on any atom is -0.344 e. The maximum Gasteiger partial charge on any atom is 0.173 e. The lowest BCUT2D eigenvalue weighted by Crippen LogP contribution is -2.49. The van der Waals surface area contributed by atoms with E-state index >= 15 is 0 Å². The van der Waals surface area contributed by atoms with E-state index in [-0.39, 0.29) is 0 Å². The van der Waals surface area contributed by atoms with Crippen LogP contribution in [0.2, 0.25) is 0 Å². The predicted molar refractivity (Wildman–Crippen MR) is 86.8 cm³/mol. The number of likely N-dealkylation sites (tertiary alicyclic amines) is 1. The van der Waals surface area contributed by atoms with Gasteiger partial charge in [0.15, 0.2) is 5.11 Å². The molecule has 0 unspecified atom stereocenters. The Balaban J connectivity index is 2.11. The van der Waals surface area contributed by atoms with Crippen LogP contribution in [0.5, 0.6) is 0 Å². The Morgan fingerprint density at radius 2 is 1.84 bits per heavy atom. The summed E-state index contributed by atoms with van der Waals surface area (Å²) in [7, 11) is 0. The number of hydrogen-bond acceptors (Lipinski definition) is 1. The average Bonchev–Trinajstić information content (AvgIpc) is 2.32. The monoisotopic (exact) mass is 276 g/mol. The number of hydrogen-bond donors (Lipinski definition) is 1. The van der Waals surface area contributed by atoms with Crippen LogP contribution in [0.1, 0.15) is 44.2 Å². The SMILES string of the molecule is Cc1ccc(NC(=S)N2[C@H](C)CCC[C@H]2C)c(C)c1. The number of benzene rings is 1. The molecule has 0 saturated carbocycles. The van der Waals surface area contributed by atoms with Crippen LogP contribution in [-0.2, 0) is 0 Å². The molecule has 3 heteroatoms. The first-order chi connectivity index (χ1) is 8.99. The van der Waals surface area contributed by atoms with E-state index in [0.717, 1.165) is 10.8 Å². The fourth-order valence-electron chi connectivity index (χ4n) is 2.96. The molecule has 19 heavy (non-hydrogen) atoms. The van der Waals surface area contributed by atoms with Crippen molar-refractivity contribution in [1.82, 2.24) is 4.90 Å². The molecule has 0 spiro atoms. The van der Waals surface area contributed by atoms with Crippen molar-refractivity contribution in [1.29, 1.82) is 0 Å². The Hall–Kier alpha value is -1.09. The van der Waals surface area contributed by atoms with E-state index in [9.17, 15) is 0 Å². The Morgan fingerprint density at radius 1 is 1.21 bits per heavy atom. The maximum atomic E-state index is 5.62. The summed E-state index contributed by atoms with van der Waals surface area (Å²) < 4.78 is 0. The Bertz CT molecular complexity index is 460. The van der Waals surface area contributed by atoms with Gasteiger partial charge in [0.25, 0.3) is 0 Å². The Labute approximate surface area is 122 Å². The van der Waals surface area contributed by atoms with Gasteiger partial charge in [-0.15, -0.1) is 0 Å². The molecular formula is C16H24N2S. The first kappa shape index (κ1) is 14.3. The summed E-state index contributed by atoms with van der Waals surface area (Å²) in [5.74, 6) is 0. The van der Waals surface area contributed by atoms with E-state index in [4.69, 9.17) is 12.2 Å². The van der Waals surface area contributed by atoms with Gasteiger partial charge in [-0.05, 0) is 70.8 Å². The van der Waals surface area contributed by atoms with Crippen molar-refractivity contribution < 1.29 is 0 Å². The second-order valence-corrected chi connectivity index (χ2v) is 6.17. The van der Waals surface area contributed by atoms with Crippen LogP contribution in [0.3, 0.4) is 0 Å². The zero-order valence-corrected chi connectivity index (χ0v) is 13.2. The van der Waals surface area contributed by atoms with E-state index < -0.39 is 0 Å². The lowest BCUT2D eigenvalue weighted by atomic mass is 9.98. The van der Waals surface area contributed by atoms with Crippen LogP contribution >= 0.6 is 12.2 Å². The maximum absolute atomic E-state index is 5.62. The molecule has 1 N–H and O–H groups in total.